The van der Waals surface area contributed by atoms with Gasteiger partial charge < -0.3 is 24.3 Å². The molecule has 6 nitrogen and oxygen atoms in total. The lowest BCUT2D eigenvalue weighted by Crippen LogP contribution is -2.43. The van der Waals surface area contributed by atoms with E-state index in [0.717, 1.165) is 6.42 Å². The van der Waals surface area contributed by atoms with Crippen molar-refractivity contribution in [2.24, 2.45) is 0 Å². The smallest absolute Gasteiger partial charge is 0.251 e. The van der Waals surface area contributed by atoms with Crippen LogP contribution < -0.4 is 14.8 Å². The van der Waals surface area contributed by atoms with Crippen molar-refractivity contribution < 1.29 is 23.7 Å². The number of ether oxygens (including phenoxy) is 4. The van der Waals surface area contributed by atoms with Gasteiger partial charge in [-0.25, -0.2) is 0 Å². The molecule has 4 rings (SSSR count). The number of amides is 1. The van der Waals surface area contributed by atoms with Gasteiger partial charge >= 0.3 is 0 Å². The first kappa shape index (κ1) is 16.9. The van der Waals surface area contributed by atoms with Gasteiger partial charge in [0.15, 0.2) is 0 Å². The molecule has 2 aliphatic heterocycles. The number of hydrogen-bond acceptors (Lipinski definition) is 5. The zero-order valence-corrected chi connectivity index (χ0v) is 14.5. The fourth-order valence-electron chi connectivity index (χ4n) is 3.34. The van der Waals surface area contributed by atoms with Crippen molar-refractivity contribution >= 4 is 5.91 Å². The first-order valence-corrected chi connectivity index (χ1v) is 8.69. The highest BCUT2D eigenvalue weighted by Gasteiger charge is 2.42. The van der Waals surface area contributed by atoms with Gasteiger partial charge in [0.05, 0.1) is 25.9 Å². The SMILES string of the molecule is COc1cccc(Oc2cccc(C(=O)N[C@H]3CO[C@@H]4CCO[C@H]34)c2)c1. The normalized spacial score (nSPS) is 24.1. The van der Waals surface area contributed by atoms with Gasteiger partial charge in [0, 0.05) is 18.2 Å². The van der Waals surface area contributed by atoms with Gasteiger partial charge in [0.2, 0.25) is 0 Å². The van der Waals surface area contributed by atoms with E-state index in [-0.39, 0.29) is 24.2 Å². The van der Waals surface area contributed by atoms with Crippen LogP contribution in [0.25, 0.3) is 0 Å². The molecule has 1 amide bonds. The minimum atomic E-state index is -0.161. The molecular formula is C20H21NO5. The molecule has 26 heavy (non-hydrogen) atoms. The van der Waals surface area contributed by atoms with Gasteiger partial charge in [-0.3, -0.25) is 4.79 Å². The molecule has 0 spiro atoms. The molecule has 2 aromatic rings. The number of carbonyl (C=O) groups is 1. The van der Waals surface area contributed by atoms with Gasteiger partial charge in [0.1, 0.15) is 23.4 Å². The quantitative estimate of drug-likeness (QED) is 0.893. The highest BCUT2D eigenvalue weighted by atomic mass is 16.6. The number of carbonyl (C=O) groups excluding carboxylic acids is 1. The molecule has 2 fully saturated rings. The van der Waals surface area contributed by atoms with Gasteiger partial charge in [0.25, 0.3) is 5.91 Å². The van der Waals surface area contributed by atoms with E-state index in [9.17, 15) is 4.79 Å². The standard InChI is InChI=1S/C20H21NO5/c1-23-14-5-3-7-16(11-14)26-15-6-2-4-13(10-15)20(22)21-17-12-25-18-8-9-24-19(17)18/h2-7,10-11,17-19H,8-9,12H2,1H3,(H,21,22)/t17-,18+,19+/m0/s1. The van der Waals surface area contributed by atoms with Crippen LogP contribution >= 0.6 is 0 Å². The summed E-state index contributed by atoms with van der Waals surface area (Å²) in [6.45, 7) is 1.17. The Hall–Kier alpha value is -2.57. The Morgan fingerprint density at radius 1 is 1.08 bits per heavy atom. The Kier molecular flexibility index (Phi) is 4.77. The largest absolute Gasteiger partial charge is 0.497 e. The second kappa shape index (κ2) is 7.35. The molecule has 1 N–H and O–H groups in total. The molecule has 2 heterocycles. The molecule has 2 saturated heterocycles. The van der Waals surface area contributed by atoms with Crippen molar-refractivity contribution in [3.05, 3.63) is 54.1 Å². The van der Waals surface area contributed by atoms with Crippen molar-refractivity contribution in [2.45, 2.75) is 24.7 Å². The van der Waals surface area contributed by atoms with Gasteiger partial charge in [-0.05, 0) is 36.8 Å². The first-order chi connectivity index (χ1) is 12.7. The Morgan fingerprint density at radius 2 is 1.85 bits per heavy atom. The van der Waals surface area contributed by atoms with Crippen LogP contribution in [0.4, 0.5) is 0 Å². The number of methoxy groups -OCH3 is 1. The number of hydrogen-bond donors (Lipinski definition) is 1. The van der Waals surface area contributed by atoms with Gasteiger partial charge in [-0.15, -0.1) is 0 Å². The van der Waals surface area contributed by atoms with E-state index in [4.69, 9.17) is 18.9 Å². The van der Waals surface area contributed by atoms with Crippen LogP contribution in [0.3, 0.4) is 0 Å². The lowest BCUT2D eigenvalue weighted by atomic mass is 10.1. The number of rotatable bonds is 5. The molecule has 0 saturated carbocycles. The summed E-state index contributed by atoms with van der Waals surface area (Å²) in [7, 11) is 1.61. The molecule has 2 aromatic carbocycles. The van der Waals surface area contributed by atoms with E-state index in [1.807, 2.05) is 24.3 Å². The summed E-state index contributed by atoms with van der Waals surface area (Å²) in [5.74, 6) is 1.78. The van der Waals surface area contributed by atoms with Gasteiger partial charge in [-0.1, -0.05) is 12.1 Å². The average molecular weight is 355 g/mol. The minimum absolute atomic E-state index is 0.0461. The Morgan fingerprint density at radius 3 is 2.69 bits per heavy atom. The Bertz CT molecular complexity index is 793. The number of nitrogens with one attached hydrogen (secondary N) is 1. The van der Waals surface area contributed by atoms with Crippen LogP contribution in [0.15, 0.2) is 48.5 Å². The molecule has 136 valence electrons. The summed E-state index contributed by atoms with van der Waals surface area (Å²) in [6.07, 6.45) is 0.944. The van der Waals surface area contributed by atoms with Crippen LogP contribution in [0.2, 0.25) is 0 Å². The fourth-order valence-corrected chi connectivity index (χ4v) is 3.34. The molecule has 0 bridgehead atoms. The third kappa shape index (κ3) is 3.52. The lowest BCUT2D eigenvalue weighted by molar-refractivity contribution is 0.0656. The summed E-state index contributed by atoms with van der Waals surface area (Å²) in [5, 5.41) is 3.01. The molecule has 0 unspecified atom stereocenters. The molecule has 6 heteroatoms. The average Bonchev–Trinajstić information content (AvgIpc) is 3.27. The molecular weight excluding hydrogens is 334 g/mol. The maximum atomic E-state index is 12.6. The third-order valence-electron chi connectivity index (χ3n) is 4.66. The summed E-state index contributed by atoms with van der Waals surface area (Å²) in [5.41, 5.74) is 0.534. The monoisotopic (exact) mass is 355 g/mol. The van der Waals surface area contributed by atoms with E-state index in [0.29, 0.717) is 36.0 Å². The zero-order valence-electron chi connectivity index (χ0n) is 14.5. The van der Waals surface area contributed by atoms with Gasteiger partial charge in [-0.2, -0.15) is 0 Å². The van der Waals surface area contributed by atoms with E-state index >= 15 is 0 Å². The van der Waals surface area contributed by atoms with Crippen LogP contribution in [-0.4, -0.2) is 44.5 Å². The highest BCUT2D eigenvalue weighted by Crippen LogP contribution is 2.28. The van der Waals surface area contributed by atoms with E-state index in [2.05, 4.69) is 5.32 Å². The highest BCUT2D eigenvalue weighted by molar-refractivity contribution is 5.94. The molecule has 3 atom stereocenters. The second-order valence-corrected chi connectivity index (χ2v) is 6.38. The van der Waals surface area contributed by atoms with Crippen LogP contribution in [0, 0.1) is 0 Å². The van der Waals surface area contributed by atoms with E-state index in [1.54, 1.807) is 31.4 Å². The zero-order chi connectivity index (χ0) is 17.9. The van der Waals surface area contributed by atoms with E-state index in [1.165, 1.54) is 0 Å². The maximum Gasteiger partial charge on any atom is 0.251 e. The lowest BCUT2D eigenvalue weighted by Gasteiger charge is -2.17. The Labute approximate surface area is 152 Å². The number of fused-ring (bicyclic) bond motifs is 1. The van der Waals surface area contributed by atoms with Crippen LogP contribution in [-0.2, 0) is 9.47 Å². The summed E-state index contributed by atoms with van der Waals surface area (Å²) in [6, 6.07) is 14.3. The summed E-state index contributed by atoms with van der Waals surface area (Å²) >= 11 is 0. The fraction of sp³-hybridized carbons (Fsp3) is 0.350. The first-order valence-electron chi connectivity index (χ1n) is 8.69. The molecule has 0 aliphatic carbocycles. The van der Waals surface area contributed by atoms with Crippen molar-refractivity contribution in [1.82, 2.24) is 5.32 Å². The molecule has 0 radical (unpaired) electrons. The Balaban J connectivity index is 1.44. The van der Waals surface area contributed by atoms with E-state index < -0.39 is 0 Å². The van der Waals surface area contributed by atoms with Crippen LogP contribution in [0.1, 0.15) is 16.8 Å². The van der Waals surface area contributed by atoms with Crippen molar-refractivity contribution in [3.63, 3.8) is 0 Å². The topological polar surface area (TPSA) is 66.0 Å². The third-order valence-corrected chi connectivity index (χ3v) is 4.66. The maximum absolute atomic E-state index is 12.6. The summed E-state index contributed by atoms with van der Waals surface area (Å²) < 4.78 is 22.4. The van der Waals surface area contributed by atoms with Crippen LogP contribution in [0.5, 0.6) is 17.2 Å². The van der Waals surface area contributed by atoms with Crippen molar-refractivity contribution in [1.29, 1.82) is 0 Å². The van der Waals surface area contributed by atoms with Crippen molar-refractivity contribution in [3.8, 4) is 17.2 Å². The molecule has 0 aromatic heterocycles. The predicted molar refractivity (Wildman–Crippen MR) is 94.9 cm³/mol. The second-order valence-electron chi connectivity index (χ2n) is 6.38. The minimum Gasteiger partial charge on any atom is -0.497 e. The number of benzene rings is 2. The predicted octanol–water partition coefficient (Wildman–Crippen LogP) is 2.77. The van der Waals surface area contributed by atoms with Crippen molar-refractivity contribution in [2.75, 3.05) is 20.3 Å². The summed E-state index contributed by atoms with van der Waals surface area (Å²) in [4.78, 5) is 12.6. The molecule has 2 aliphatic rings.